The minimum Gasteiger partial charge on any atom is -0.356 e. The van der Waals surface area contributed by atoms with Crippen molar-refractivity contribution in [2.24, 2.45) is 11.8 Å². The number of alkyl halides is 3. The molecule has 116 valence electrons. The molecule has 0 bridgehead atoms. The number of aromatic nitrogens is 2. The number of nitrogens with one attached hydrogen (secondary N) is 1. The topological polar surface area (TPSA) is 67.1 Å². The first-order valence-electron chi connectivity index (χ1n) is 7.14. The third-order valence-electron chi connectivity index (χ3n) is 4.10. The van der Waals surface area contributed by atoms with Crippen molar-refractivity contribution in [1.82, 2.24) is 9.97 Å². The molecule has 0 radical (unpaired) electrons. The Morgan fingerprint density at radius 2 is 1.81 bits per heavy atom. The number of hydrazine groups is 1. The molecule has 3 N–H and O–H groups in total. The van der Waals surface area contributed by atoms with Gasteiger partial charge in [-0.25, -0.2) is 15.8 Å². The summed E-state index contributed by atoms with van der Waals surface area (Å²) < 4.78 is 38.1. The summed E-state index contributed by atoms with van der Waals surface area (Å²) >= 11 is 0. The summed E-state index contributed by atoms with van der Waals surface area (Å²) in [6, 6.07) is 1.69. The lowest BCUT2D eigenvalue weighted by molar-refractivity contribution is -0.179. The summed E-state index contributed by atoms with van der Waals surface area (Å²) in [6.07, 6.45) is -1.76. The number of piperidine rings is 1. The Labute approximate surface area is 120 Å². The van der Waals surface area contributed by atoms with E-state index in [2.05, 4.69) is 15.4 Å². The summed E-state index contributed by atoms with van der Waals surface area (Å²) in [5.41, 5.74) is 2.50. The lowest BCUT2D eigenvalue weighted by Crippen LogP contribution is -2.39. The van der Waals surface area contributed by atoms with Crippen LogP contribution in [0.3, 0.4) is 0 Å². The van der Waals surface area contributed by atoms with E-state index in [4.69, 9.17) is 5.84 Å². The summed E-state index contributed by atoms with van der Waals surface area (Å²) in [4.78, 5) is 10.7. The van der Waals surface area contributed by atoms with E-state index in [9.17, 15) is 13.2 Å². The third-order valence-corrected chi connectivity index (χ3v) is 4.10. The van der Waals surface area contributed by atoms with Gasteiger partial charge in [-0.3, -0.25) is 0 Å². The lowest BCUT2D eigenvalue weighted by atomic mass is 9.96. The van der Waals surface area contributed by atoms with E-state index in [1.54, 1.807) is 6.07 Å². The van der Waals surface area contributed by atoms with Crippen molar-refractivity contribution in [2.45, 2.75) is 37.8 Å². The Balaban J connectivity index is 1.74. The first-order chi connectivity index (χ1) is 9.97. The lowest BCUT2D eigenvalue weighted by Gasteiger charge is -2.33. The van der Waals surface area contributed by atoms with Crippen LogP contribution in [0.25, 0.3) is 0 Å². The highest BCUT2D eigenvalue weighted by atomic mass is 19.4. The second-order valence-corrected chi connectivity index (χ2v) is 5.69. The van der Waals surface area contributed by atoms with Crippen LogP contribution in [-0.4, -0.2) is 29.2 Å². The average Bonchev–Trinajstić information content (AvgIpc) is 3.30. The largest absolute Gasteiger partial charge is 0.391 e. The molecule has 0 aromatic carbocycles. The highest BCUT2D eigenvalue weighted by Gasteiger charge is 2.41. The van der Waals surface area contributed by atoms with Crippen LogP contribution >= 0.6 is 0 Å². The molecule has 21 heavy (non-hydrogen) atoms. The van der Waals surface area contributed by atoms with Gasteiger partial charge >= 0.3 is 6.18 Å². The Morgan fingerprint density at radius 3 is 2.33 bits per heavy atom. The molecule has 1 aromatic rings. The van der Waals surface area contributed by atoms with Crippen molar-refractivity contribution in [2.75, 3.05) is 23.4 Å². The molecule has 0 unspecified atom stereocenters. The van der Waals surface area contributed by atoms with Gasteiger partial charge in [-0.1, -0.05) is 0 Å². The molecule has 3 rings (SSSR count). The number of nitrogens with two attached hydrogens (primary N) is 1. The molecule has 1 saturated heterocycles. The van der Waals surface area contributed by atoms with Crippen LogP contribution in [0.4, 0.5) is 24.8 Å². The molecule has 1 aromatic heterocycles. The highest BCUT2D eigenvalue weighted by molar-refractivity contribution is 5.49. The molecule has 5 nitrogen and oxygen atoms in total. The van der Waals surface area contributed by atoms with E-state index in [1.807, 2.05) is 4.90 Å². The van der Waals surface area contributed by atoms with E-state index < -0.39 is 12.1 Å². The molecule has 0 amide bonds. The first-order valence-corrected chi connectivity index (χ1v) is 7.14. The van der Waals surface area contributed by atoms with Gasteiger partial charge in [0, 0.05) is 25.1 Å². The zero-order chi connectivity index (χ0) is 15.0. The summed E-state index contributed by atoms with van der Waals surface area (Å²) in [6.45, 7) is 0.713. The highest BCUT2D eigenvalue weighted by Crippen LogP contribution is 2.40. The maximum atomic E-state index is 12.7. The number of hydrogen-bond donors (Lipinski definition) is 2. The summed E-state index contributed by atoms with van der Waals surface area (Å²) in [7, 11) is 0. The minimum absolute atomic E-state index is 0.109. The van der Waals surface area contributed by atoms with Gasteiger partial charge in [0.2, 0.25) is 0 Å². The second-order valence-electron chi connectivity index (χ2n) is 5.69. The molecule has 1 saturated carbocycles. The standard InChI is InChI=1S/C13H18F3N5/c14-13(15,16)9-3-5-21(6-4-9)11-7-10(20-17)18-12(19-11)8-1-2-8/h7-9H,1-6,17H2,(H,18,19,20). The number of rotatable bonds is 3. The van der Waals surface area contributed by atoms with Gasteiger partial charge in [-0.15, -0.1) is 0 Å². The molecule has 2 heterocycles. The Bertz CT molecular complexity index is 507. The first kappa shape index (κ1) is 14.4. The quantitative estimate of drug-likeness (QED) is 0.663. The van der Waals surface area contributed by atoms with Gasteiger partial charge in [0.1, 0.15) is 17.5 Å². The average molecular weight is 301 g/mol. The van der Waals surface area contributed by atoms with E-state index in [0.29, 0.717) is 30.6 Å². The molecule has 0 spiro atoms. The molecule has 1 aliphatic carbocycles. The van der Waals surface area contributed by atoms with Gasteiger partial charge < -0.3 is 10.3 Å². The predicted octanol–water partition coefficient (Wildman–Crippen LogP) is 2.42. The number of nitrogen functional groups attached to an aromatic ring is 1. The zero-order valence-corrected chi connectivity index (χ0v) is 11.5. The molecular formula is C13H18F3N5. The smallest absolute Gasteiger partial charge is 0.356 e. The van der Waals surface area contributed by atoms with Crippen LogP contribution in [0, 0.1) is 5.92 Å². The van der Waals surface area contributed by atoms with Gasteiger partial charge in [0.25, 0.3) is 0 Å². The number of anilines is 2. The van der Waals surface area contributed by atoms with Crippen LogP contribution < -0.4 is 16.2 Å². The SMILES string of the molecule is NNc1cc(N2CCC(C(F)(F)F)CC2)nc(C2CC2)n1. The van der Waals surface area contributed by atoms with E-state index in [0.717, 1.165) is 18.7 Å². The molecular weight excluding hydrogens is 283 g/mol. The van der Waals surface area contributed by atoms with Crippen molar-refractivity contribution in [3.63, 3.8) is 0 Å². The fourth-order valence-electron chi connectivity index (χ4n) is 2.65. The Kier molecular flexibility index (Phi) is 3.64. The Morgan fingerprint density at radius 1 is 1.14 bits per heavy atom. The van der Waals surface area contributed by atoms with Crippen molar-refractivity contribution in [1.29, 1.82) is 0 Å². The molecule has 1 aliphatic heterocycles. The van der Waals surface area contributed by atoms with Crippen molar-refractivity contribution < 1.29 is 13.2 Å². The molecule has 8 heteroatoms. The molecule has 2 fully saturated rings. The van der Waals surface area contributed by atoms with Crippen LogP contribution in [0.15, 0.2) is 6.07 Å². The maximum Gasteiger partial charge on any atom is 0.391 e. The van der Waals surface area contributed by atoms with Gasteiger partial charge in [-0.05, 0) is 25.7 Å². The van der Waals surface area contributed by atoms with Gasteiger partial charge in [-0.2, -0.15) is 13.2 Å². The summed E-state index contributed by atoms with van der Waals surface area (Å²) in [5, 5.41) is 0. The predicted molar refractivity (Wildman–Crippen MR) is 72.8 cm³/mol. The van der Waals surface area contributed by atoms with Crippen LogP contribution in [0.2, 0.25) is 0 Å². The monoisotopic (exact) mass is 301 g/mol. The minimum atomic E-state index is -4.10. The van der Waals surface area contributed by atoms with E-state index >= 15 is 0 Å². The van der Waals surface area contributed by atoms with Crippen LogP contribution in [0.1, 0.15) is 37.4 Å². The maximum absolute atomic E-state index is 12.7. The number of nitrogens with zero attached hydrogens (tertiary/aromatic N) is 3. The number of hydrogen-bond acceptors (Lipinski definition) is 5. The third kappa shape index (κ3) is 3.20. The molecule has 2 aliphatic rings. The molecule has 0 atom stereocenters. The fraction of sp³-hybridized carbons (Fsp3) is 0.692. The van der Waals surface area contributed by atoms with Crippen LogP contribution in [-0.2, 0) is 0 Å². The van der Waals surface area contributed by atoms with E-state index in [-0.39, 0.29) is 12.8 Å². The van der Waals surface area contributed by atoms with Gasteiger partial charge in [0.15, 0.2) is 0 Å². The van der Waals surface area contributed by atoms with Crippen LogP contribution in [0.5, 0.6) is 0 Å². The van der Waals surface area contributed by atoms with Crippen molar-refractivity contribution in [3.05, 3.63) is 11.9 Å². The zero-order valence-electron chi connectivity index (χ0n) is 11.5. The van der Waals surface area contributed by atoms with Crippen molar-refractivity contribution in [3.8, 4) is 0 Å². The van der Waals surface area contributed by atoms with Gasteiger partial charge in [0.05, 0.1) is 5.92 Å². The number of halogens is 3. The van der Waals surface area contributed by atoms with E-state index in [1.165, 1.54) is 0 Å². The normalized spacial score (nSPS) is 20.7. The summed E-state index contributed by atoms with van der Waals surface area (Å²) in [5.74, 6) is 6.49. The second kappa shape index (κ2) is 5.32. The van der Waals surface area contributed by atoms with Crippen molar-refractivity contribution >= 4 is 11.6 Å². The fourth-order valence-corrected chi connectivity index (χ4v) is 2.65. The Hall–Kier alpha value is -1.57.